The van der Waals surface area contributed by atoms with E-state index in [0.717, 1.165) is 29.1 Å². The summed E-state index contributed by atoms with van der Waals surface area (Å²) in [6, 6.07) is 7.82. The Morgan fingerprint density at radius 3 is 2.25 bits per heavy atom. The minimum atomic E-state index is -0.0471. The predicted molar refractivity (Wildman–Crippen MR) is 109 cm³/mol. The second-order valence-electron chi connectivity index (χ2n) is 7.34. The average molecular weight is 383 g/mol. The minimum absolute atomic E-state index is 0.0471. The van der Waals surface area contributed by atoms with Gasteiger partial charge in [-0.2, -0.15) is 5.10 Å². The first kappa shape index (κ1) is 20.1. The number of carbonyl (C=O) groups excluding carboxylic acids is 2. The van der Waals surface area contributed by atoms with E-state index in [2.05, 4.69) is 22.2 Å². The van der Waals surface area contributed by atoms with Crippen LogP contribution in [0.15, 0.2) is 24.3 Å². The number of aryl methyl sites for hydroxylation is 3. The maximum Gasteiger partial charge on any atom is 0.253 e. The van der Waals surface area contributed by atoms with E-state index in [-0.39, 0.29) is 11.8 Å². The molecule has 0 aliphatic carbocycles. The minimum Gasteiger partial charge on any atom is -0.336 e. The zero-order valence-electron chi connectivity index (χ0n) is 17.2. The molecule has 3 rings (SSSR count). The van der Waals surface area contributed by atoms with Crippen LogP contribution in [0.3, 0.4) is 0 Å². The highest BCUT2D eigenvalue weighted by Gasteiger charge is 2.24. The lowest BCUT2D eigenvalue weighted by atomic mass is 10.1. The van der Waals surface area contributed by atoms with Gasteiger partial charge in [0.1, 0.15) is 0 Å². The summed E-state index contributed by atoms with van der Waals surface area (Å²) in [6.45, 7) is 8.89. The number of hydrogen-bond donors (Lipinski definition) is 1. The van der Waals surface area contributed by atoms with Crippen molar-refractivity contribution in [3.63, 3.8) is 0 Å². The van der Waals surface area contributed by atoms with E-state index in [9.17, 15) is 9.59 Å². The summed E-state index contributed by atoms with van der Waals surface area (Å²) in [6.07, 6.45) is 0.966. The third-order valence-electron chi connectivity index (χ3n) is 5.41. The molecule has 150 valence electrons. The van der Waals surface area contributed by atoms with Gasteiger partial charge in [-0.15, -0.1) is 0 Å². The molecule has 1 aliphatic rings. The molecular weight excluding hydrogens is 354 g/mol. The van der Waals surface area contributed by atoms with Crippen molar-refractivity contribution >= 4 is 17.5 Å². The van der Waals surface area contributed by atoms with Crippen molar-refractivity contribution in [2.24, 2.45) is 7.05 Å². The molecule has 1 fully saturated rings. The van der Waals surface area contributed by atoms with E-state index < -0.39 is 0 Å². The topological polar surface area (TPSA) is 70.5 Å². The summed E-state index contributed by atoms with van der Waals surface area (Å²) in [5.74, 6) is 0.0162. The zero-order chi connectivity index (χ0) is 20.3. The van der Waals surface area contributed by atoms with Gasteiger partial charge in [-0.25, -0.2) is 0 Å². The molecule has 2 heterocycles. The highest BCUT2D eigenvalue weighted by molar-refractivity contribution is 5.94. The molecule has 1 aromatic carbocycles. The van der Waals surface area contributed by atoms with Crippen LogP contribution in [0.4, 0.5) is 5.69 Å². The van der Waals surface area contributed by atoms with Crippen molar-refractivity contribution in [1.82, 2.24) is 19.6 Å². The van der Waals surface area contributed by atoms with Crippen molar-refractivity contribution in [3.05, 3.63) is 46.8 Å². The number of amides is 2. The number of rotatable bonds is 5. The van der Waals surface area contributed by atoms with E-state index in [1.165, 1.54) is 5.56 Å². The number of aromatic nitrogens is 2. The van der Waals surface area contributed by atoms with Crippen LogP contribution in [0.25, 0.3) is 0 Å². The first-order chi connectivity index (χ1) is 13.4. The molecule has 0 radical (unpaired) electrons. The van der Waals surface area contributed by atoms with E-state index >= 15 is 0 Å². The molecule has 0 bridgehead atoms. The molecule has 1 aromatic heterocycles. The molecule has 0 unspecified atom stereocenters. The number of piperazine rings is 1. The molecule has 7 nitrogen and oxygen atoms in total. The van der Waals surface area contributed by atoms with E-state index in [4.69, 9.17) is 0 Å². The van der Waals surface area contributed by atoms with Crippen molar-refractivity contribution < 1.29 is 9.59 Å². The predicted octanol–water partition coefficient (Wildman–Crippen LogP) is 2.00. The molecular formula is C21H29N5O2. The van der Waals surface area contributed by atoms with Crippen molar-refractivity contribution in [3.8, 4) is 0 Å². The summed E-state index contributed by atoms with van der Waals surface area (Å²) in [5.41, 5.74) is 4.50. The van der Waals surface area contributed by atoms with Crippen LogP contribution in [-0.2, 0) is 18.3 Å². The molecule has 1 aliphatic heterocycles. The highest BCUT2D eigenvalue weighted by atomic mass is 16.2. The normalized spacial score (nSPS) is 14.9. The Balaban J connectivity index is 1.50. The van der Waals surface area contributed by atoms with Crippen LogP contribution >= 0.6 is 0 Å². The van der Waals surface area contributed by atoms with Gasteiger partial charge in [0.05, 0.1) is 23.6 Å². The number of nitrogens with zero attached hydrogens (tertiary/aromatic N) is 4. The number of carbonyl (C=O) groups is 2. The van der Waals surface area contributed by atoms with Gasteiger partial charge in [0.25, 0.3) is 5.91 Å². The fourth-order valence-corrected chi connectivity index (χ4v) is 3.51. The zero-order valence-corrected chi connectivity index (χ0v) is 17.2. The Morgan fingerprint density at radius 2 is 1.71 bits per heavy atom. The SMILES string of the molecule is CCc1ccc(C(=O)N2CCN(CC(=O)Nc3c(C)nn(C)c3C)CC2)cc1. The van der Waals surface area contributed by atoms with E-state index in [1.54, 1.807) is 4.68 Å². The van der Waals surface area contributed by atoms with Crippen molar-refractivity contribution in [2.45, 2.75) is 27.2 Å². The second kappa shape index (κ2) is 8.56. The molecule has 2 aromatic rings. The molecule has 0 spiro atoms. The summed E-state index contributed by atoms with van der Waals surface area (Å²) >= 11 is 0. The third-order valence-corrected chi connectivity index (χ3v) is 5.41. The molecule has 0 atom stereocenters. The Morgan fingerprint density at radius 1 is 1.07 bits per heavy atom. The van der Waals surface area contributed by atoms with Gasteiger partial charge in [-0.3, -0.25) is 19.2 Å². The van der Waals surface area contributed by atoms with Gasteiger partial charge in [0.2, 0.25) is 5.91 Å². The third kappa shape index (κ3) is 4.42. The van der Waals surface area contributed by atoms with Gasteiger partial charge in [0.15, 0.2) is 0 Å². The number of hydrogen-bond acceptors (Lipinski definition) is 4. The standard InChI is InChI=1S/C21H29N5O2/c1-5-17-6-8-18(9-7-17)21(28)26-12-10-25(11-13-26)14-19(27)22-20-15(2)23-24(4)16(20)3/h6-9H,5,10-14H2,1-4H3,(H,22,27). The smallest absolute Gasteiger partial charge is 0.253 e. The maximum absolute atomic E-state index is 12.7. The number of benzene rings is 1. The Bertz CT molecular complexity index is 848. The van der Waals surface area contributed by atoms with Crippen LogP contribution in [0.5, 0.6) is 0 Å². The Labute approximate surface area is 166 Å². The lowest BCUT2D eigenvalue weighted by Gasteiger charge is -2.34. The van der Waals surface area contributed by atoms with Crippen LogP contribution < -0.4 is 5.32 Å². The average Bonchev–Trinajstić information content (AvgIpc) is 2.94. The highest BCUT2D eigenvalue weighted by Crippen LogP contribution is 2.18. The molecule has 0 saturated carbocycles. The van der Waals surface area contributed by atoms with Crippen molar-refractivity contribution in [1.29, 1.82) is 0 Å². The van der Waals surface area contributed by atoms with Crippen LogP contribution in [-0.4, -0.2) is 64.1 Å². The summed E-state index contributed by atoms with van der Waals surface area (Å²) in [5, 5.41) is 7.30. The number of nitrogens with one attached hydrogen (secondary N) is 1. The van der Waals surface area contributed by atoms with E-state index in [0.29, 0.717) is 32.7 Å². The molecule has 1 N–H and O–H groups in total. The fourth-order valence-electron chi connectivity index (χ4n) is 3.51. The van der Waals surface area contributed by atoms with Gasteiger partial charge >= 0.3 is 0 Å². The maximum atomic E-state index is 12.7. The Hall–Kier alpha value is -2.67. The molecule has 1 saturated heterocycles. The van der Waals surface area contributed by atoms with Gasteiger partial charge in [-0.05, 0) is 38.0 Å². The molecule has 7 heteroatoms. The quantitative estimate of drug-likeness (QED) is 0.857. The van der Waals surface area contributed by atoms with Crippen molar-refractivity contribution in [2.75, 3.05) is 38.0 Å². The first-order valence-electron chi connectivity index (χ1n) is 9.79. The molecule has 28 heavy (non-hydrogen) atoms. The fraction of sp³-hybridized carbons (Fsp3) is 0.476. The summed E-state index contributed by atoms with van der Waals surface area (Å²) in [7, 11) is 1.87. The van der Waals surface area contributed by atoms with Gasteiger partial charge in [-0.1, -0.05) is 19.1 Å². The summed E-state index contributed by atoms with van der Waals surface area (Å²) in [4.78, 5) is 29.0. The summed E-state index contributed by atoms with van der Waals surface area (Å²) < 4.78 is 1.77. The molecule has 2 amide bonds. The monoisotopic (exact) mass is 383 g/mol. The first-order valence-corrected chi connectivity index (χ1v) is 9.79. The lowest BCUT2D eigenvalue weighted by molar-refractivity contribution is -0.117. The van der Waals surface area contributed by atoms with Gasteiger partial charge < -0.3 is 10.2 Å². The van der Waals surface area contributed by atoms with E-state index in [1.807, 2.05) is 50.1 Å². The Kier molecular flexibility index (Phi) is 6.14. The lowest BCUT2D eigenvalue weighted by Crippen LogP contribution is -2.50. The largest absolute Gasteiger partial charge is 0.336 e. The van der Waals surface area contributed by atoms with Crippen LogP contribution in [0, 0.1) is 13.8 Å². The van der Waals surface area contributed by atoms with Crippen LogP contribution in [0.2, 0.25) is 0 Å². The number of anilines is 1. The van der Waals surface area contributed by atoms with Crippen LogP contribution in [0.1, 0.15) is 34.2 Å². The second-order valence-corrected chi connectivity index (χ2v) is 7.34. The van der Waals surface area contributed by atoms with Gasteiger partial charge in [0, 0.05) is 38.8 Å².